The van der Waals surface area contributed by atoms with Gasteiger partial charge in [0, 0.05) is 11.7 Å². The lowest BCUT2D eigenvalue weighted by Crippen LogP contribution is -2.61. The summed E-state index contributed by atoms with van der Waals surface area (Å²) in [7, 11) is 0. The molecule has 1 N–H and O–H groups in total. The predicted octanol–water partition coefficient (Wildman–Crippen LogP) is 4.63. The van der Waals surface area contributed by atoms with Crippen LogP contribution in [0.2, 0.25) is 0 Å². The smallest absolute Gasteiger partial charge is 0.329 e. The molecule has 2 unspecified atom stereocenters. The summed E-state index contributed by atoms with van der Waals surface area (Å²) in [5, 5.41) is 5.22. The summed E-state index contributed by atoms with van der Waals surface area (Å²) >= 11 is 0. The molecule has 5 nitrogen and oxygen atoms in total. The number of carbonyl (C=O) groups is 2. The standard InChI is InChI=1S/C22H26N2O3.H3P/c1-2-13-27-21(25)20-16-8-11-19(12-9-16)24(20)22(26)23-18-10-7-15-5-3-4-6-17(15)14-18;/h3-7,10,14,16,19-20H,2,8-9,11-13H2,1H3,(H,23,26);1H3. The summed E-state index contributed by atoms with van der Waals surface area (Å²) in [6.45, 7) is 2.39. The topological polar surface area (TPSA) is 58.6 Å². The van der Waals surface area contributed by atoms with Gasteiger partial charge in [0.2, 0.25) is 0 Å². The number of nitrogens with zero attached hydrogens (tertiary/aromatic N) is 1. The van der Waals surface area contributed by atoms with Gasteiger partial charge in [0.1, 0.15) is 6.04 Å². The first-order valence-corrected chi connectivity index (χ1v) is 9.92. The molecule has 0 aromatic heterocycles. The number of carbonyl (C=O) groups excluding carboxylic acids is 2. The van der Waals surface area contributed by atoms with Crippen LogP contribution in [0.5, 0.6) is 0 Å². The monoisotopic (exact) mass is 400 g/mol. The number of ether oxygens (including phenoxy) is 1. The van der Waals surface area contributed by atoms with Crippen LogP contribution < -0.4 is 5.32 Å². The lowest BCUT2D eigenvalue weighted by molar-refractivity contribution is -0.156. The molecule has 0 spiro atoms. The zero-order valence-corrected chi connectivity index (χ0v) is 17.8. The summed E-state index contributed by atoms with van der Waals surface area (Å²) in [4.78, 5) is 27.5. The number of fused-ring (bicyclic) bond motifs is 4. The Morgan fingerprint density at radius 2 is 1.79 bits per heavy atom. The maximum absolute atomic E-state index is 13.1. The second kappa shape index (κ2) is 8.91. The molecule has 2 atom stereocenters. The Morgan fingerprint density at radius 1 is 1.07 bits per heavy atom. The minimum Gasteiger partial charge on any atom is -0.464 e. The lowest BCUT2D eigenvalue weighted by atomic mass is 9.74. The van der Waals surface area contributed by atoms with E-state index in [0.29, 0.717) is 6.61 Å². The van der Waals surface area contributed by atoms with E-state index in [1.165, 1.54) is 0 Å². The van der Waals surface area contributed by atoms with Gasteiger partial charge in [0.25, 0.3) is 0 Å². The third-order valence-electron chi connectivity index (χ3n) is 5.81. The first kappa shape index (κ1) is 20.6. The third-order valence-corrected chi connectivity index (χ3v) is 5.81. The Balaban J connectivity index is 0.00000225. The molecule has 2 aromatic carbocycles. The van der Waals surface area contributed by atoms with E-state index in [4.69, 9.17) is 4.74 Å². The highest BCUT2D eigenvalue weighted by Gasteiger charge is 2.48. The first-order valence-electron chi connectivity index (χ1n) is 9.92. The highest BCUT2D eigenvalue weighted by Crippen LogP contribution is 2.40. The van der Waals surface area contributed by atoms with Crippen LogP contribution in [0.4, 0.5) is 10.5 Å². The van der Waals surface area contributed by atoms with Crippen LogP contribution >= 0.6 is 9.90 Å². The van der Waals surface area contributed by atoms with E-state index in [-0.39, 0.29) is 33.9 Å². The molecule has 5 rings (SSSR count). The van der Waals surface area contributed by atoms with E-state index in [0.717, 1.165) is 48.6 Å². The van der Waals surface area contributed by atoms with Gasteiger partial charge in [-0.3, -0.25) is 0 Å². The molecular formula is C22H29N2O3P. The van der Waals surface area contributed by atoms with Gasteiger partial charge in [-0.1, -0.05) is 37.3 Å². The van der Waals surface area contributed by atoms with Gasteiger partial charge < -0.3 is 15.0 Å². The van der Waals surface area contributed by atoms with Gasteiger partial charge in [-0.2, -0.15) is 9.90 Å². The molecule has 150 valence electrons. The normalized spacial score (nSPS) is 23.2. The van der Waals surface area contributed by atoms with Gasteiger partial charge in [-0.05, 0) is 60.9 Å². The number of benzene rings is 2. The Hall–Kier alpha value is -2.13. The summed E-state index contributed by atoms with van der Waals surface area (Å²) in [5.41, 5.74) is 0.751. The van der Waals surface area contributed by atoms with Crippen LogP contribution in [0, 0.1) is 5.92 Å². The fraction of sp³-hybridized carbons (Fsp3) is 0.455. The van der Waals surface area contributed by atoms with Crippen molar-refractivity contribution in [1.29, 1.82) is 0 Å². The van der Waals surface area contributed by atoms with Gasteiger partial charge in [-0.15, -0.1) is 0 Å². The summed E-state index contributed by atoms with van der Waals surface area (Å²) < 4.78 is 5.41. The number of hydrogen-bond donors (Lipinski definition) is 1. The van der Waals surface area contributed by atoms with E-state index >= 15 is 0 Å². The van der Waals surface area contributed by atoms with Crippen molar-refractivity contribution in [2.45, 2.75) is 51.1 Å². The van der Waals surface area contributed by atoms with Crippen LogP contribution in [0.15, 0.2) is 42.5 Å². The van der Waals surface area contributed by atoms with Crippen molar-refractivity contribution in [3.63, 3.8) is 0 Å². The molecule has 2 aliphatic heterocycles. The van der Waals surface area contributed by atoms with Gasteiger partial charge >= 0.3 is 12.0 Å². The second-order valence-electron chi connectivity index (χ2n) is 7.58. The molecule has 2 saturated heterocycles. The molecule has 1 saturated carbocycles. The molecular weight excluding hydrogens is 371 g/mol. The Bertz CT molecular complexity index is 849. The van der Waals surface area contributed by atoms with Crippen molar-refractivity contribution in [2.24, 2.45) is 5.92 Å². The molecule has 0 radical (unpaired) electrons. The first-order chi connectivity index (χ1) is 13.2. The Kier molecular flexibility index (Phi) is 6.56. The van der Waals surface area contributed by atoms with Crippen LogP contribution in [-0.2, 0) is 9.53 Å². The lowest BCUT2D eigenvalue weighted by Gasteiger charge is -2.49. The number of hydrogen-bond acceptors (Lipinski definition) is 3. The minimum absolute atomic E-state index is 0. The van der Waals surface area contributed by atoms with Gasteiger partial charge in [0.15, 0.2) is 0 Å². The zero-order valence-electron chi connectivity index (χ0n) is 16.4. The van der Waals surface area contributed by atoms with Gasteiger partial charge in [0.05, 0.1) is 6.61 Å². The molecule has 2 heterocycles. The number of piperidine rings is 2. The molecule has 28 heavy (non-hydrogen) atoms. The van der Waals surface area contributed by atoms with E-state index in [2.05, 4.69) is 5.32 Å². The van der Waals surface area contributed by atoms with Gasteiger partial charge in [-0.25, -0.2) is 9.59 Å². The Morgan fingerprint density at radius 3 is 2.50 bits per heavy atom. The fourth-order valence-electron chi connectivity index (χ4n) is 4.49. The maximum Gasteiger partial charge on any atom is 0.329 e. The number of amides is 2. The summed E-state index contributed by atoms with van der Waals surface area (Å²) in [6.07, 6.45) is 4.71. The number of anilines is 1. The highest BCUT2D eigenvalue weighted by molar-refractivity contribution is 6.92. The highest BCUT2D eigenvalue weighted by atomic mass is 31.0. The van der Waals surface area contributed by atoms with Crippen molar-refractivity contribution >= 4 is 38.4 Å². The van der Waals surface area contributed by atoms with Crippen LogP contribution in [0.25, 0.3) is 10.8 Å². The number of rotatable bonds is 4. The van der Waals surface area contributed by atoms with E-state index in [1.807, 2.05) is 49.4 Å². The predicted molar refractivity (Wildman–Crippen MR) is 117 cm³/mol. The van der Waals surface area contributed by atoms with Crippen molar-refractivity contribution in [2.75, 3.05) is 11.9 Å². The second-order valence-corrected chi connectivity index (χ2v) is 7.58. The summed E-state index contributed by atoms with van der Waals surface area (Å²) in [6, 6.07) is 13.4. The van der Waals surface area contributed by atoms with E-state index in [9.17, 15) is 9.59 Å². The van der Waals surface area contributed by atoms with E-state index in [1.54, 1.807) is 4.90 Å². The Labute approximate surface area is 169 Å². The fourth-order valence-corrected chi connectivity index (χ4v) is 4.49. The SMILES string of the molecule is CCCOC(=O)C1C2CCC(CC2)N1C(=O)Nc1ccc2ccccc2c1.P. The average molecular weight is 400 g/mol. The maximum atomic E-state index is 13.1. The minimum atomic E-state index is -0.454. The van der Waals surface area contributed by atoms with Crippen LogP contribution in [0.1, 0.15) is 39.0 Å². The molecule has 3 fully saturated rings. The molecule has 2 aromatic rings. The molecule has 6 heteroatoms. The van der Waals surface area contributed by atoms with Crippen molar-refractivity contribution < 1.29 is 14.3 Å². The number of esters is 1. The average Bonchev–Trinajstić information content (AvgIpc) is 2.72. The molecule has 1 aliphatic carbocycles. The molecule has 2 bridgehead atoms. The third kappa shape index (κ3) is 4.00. The molecule has 3 aliphatic rings. The largest absolute Gasteiger partial charge is 0.464 e. The summed E-state index contributed by atoms with van der Waals surface area (Å²) in [5.74, 6) is -0.0402. The zero-order chi connectivity index (χ0) is 18.8. The van der Waals surface area contributed by atoms with E-state index < -0.39 is 6.04 Å². The van der Waals surface area contributed by atoms with Crippen molar-refractivity contribution in [1.82, 2.24) is 4.90 Å². The van der Waals surface area contributed by atoms with Crippen molar-refractivity contribution in [3.05, 3.63) is 42.5 Å². The van der Waals surface area contributed by atoms with Crippen LogP contribution in [0.3, 0.4) is 0 Å². The number of urea groups is 1. The number of nitrogens with one attached hydrogen (secondary N) is 1. The quantitative estimate of drug-likeness (QED) is 0.602. The molecule has 2 amide bonds. The van der Waals surface area contributed by atoms with Crippen LogP contribution in [-0.4, -0.2) is 35.6 Å². The van der Waals surface area contributed by atoms with Crippen molar-refractivity contribution in [3.8, 4) is 0 Å².